The van der Waals surface area contributed by atoms with Crippen LogP contribution in [-0.2, 0) is 4.84 Å². The van der Waals surface area contributed by atoms with Crippen LogP contribution in [0.3, 0.4) is 0 Å². The summed E-state index contributed by atoms with van der Waals surface area (Å²) in [5.41, 5.74) is 5.92. The first-order valence-corrected chi connectivity index (χ1v) is 8.27. The molecule has 1 aliphatic rings. The number of hydrogen-bond acceptors (Lipinski definition) is 2. The number of nitrogens with one attached hydrogen (secondary N) is 1. The van der Waals surface area contributed by atoms with Crippen LogP contribution in [0.2, 0.25) is 0 Å². The third-order valence-corrected chi connectivity index (χ3v) is 4.42. The zero-order chi connectivity index (χ0) is 14.2. The van der Waals surface area contributed by atoms with Crippen molar-refractivity contribution in [1.29, 1.82) is 0 Å². The molecule has 2 nitrogen and oxygen atoms in total. The molecule has 0 aliphatic heterocycles. The number of hydrogen-bond donors (Lipinski definition) is 1. The molecule has 0 bridgehead atoms. The van der Waals surface area contributed by atoms with Crippen LogP contribution in [0.1, 0.15) is 69.1 Å². The Bertz CT molecular complexity index is 385. The second-order valence-electron chi connectivity index (χ2n) is 6.04. The van der Waals surface area contributed by atoms with Crippen LogP contribution >= 0.6 is 0 Å². The summed E-state index contributed by atoms with van der Waals surface area (Å²) in [4.78, 5) is 6.10. The molecule has 1 saturated carbocycles. The topological polar surface area (TPSA) is 21.3 Å². The van der Waals surface area contributed by atoms with Crippen molar-refractivity contribution in [1.82, 2.24) is 5.48 Å². The lowest BCUT2D eigenvalue weighted by Crippen LogP contribution is -2.27. The van der Waals surface area contributed by atoms with Gasteiger partial charge in [-0.3, -0.25) is 4.84 Å². The molecular formula is C18H29NO. The number of benzene rings is 1. The van der Waals surface area contributed by atoms with Crippen LogP contribution in [0.25, 0.3) is 0 Å². The first-order valence-electron chi connectivity index (χ1n) is 8.27. The maximum atomic E-state index is 6.10. The fourth-order valence-electron chi connectivity index (χ4n) is 3.15. The molecule has 1 unspecified atom stereocenters. The van der Waals surface area contributed by atoms with Crippen LogP contribution in [0.4, 0.5) is 0 Å². The van der Waals surface area contributed by atoms with Gasteiger partial charge in [0.05, 0.1) is 0 Å². The Hall–Kier alpha value is -0.860. The number of aryl methyl sites for hydroxylation is 1. The SMILES string of the molecule is CCCCNOC(c1ccccc1C)C1CCCCC1. The molecule has 2 heteroatoms. The van der Waals surface area contributed by atoms with E-state index in [0.717, 1.165) is 6.54 Å². The Morgan fingerprint density at radius 1 is 1.20 bits per heavy atom. The van der Waals surface area contributed by atoms with Gasteiger partial charge >= 0.3 is 0 Å². The number of unbranched alkanes of at least 4 members (excludes halogenated alkanes) is 1. The van der Waals surface area contributed by atoms with E-state index in [4.69, 9.17) is 4.84 Å². The van der Waals surface area contributed by atoms with E-state index in [0.29, 0.717) is 5.92 Å². The Morgan fingerprint density at radius 2 is 1.95 bits per heavy atom. The van der Waals surface area contributed by atoms with Crippen molar-refractivity contribution < 1.29 is 4.84 Å². The van der Waals surface area contributed by atoms with Crippen LogP contribution in [0.5, 0.6) is 0 Å². The highest BCUT2D eigenvalue weighted by Gasteiger charge is 2.27. The van der Waals surface area contributed by atoms with Crippen LogP contribution in [0.15, 0.2) is 24.3 Å². The fraction of sp³-hybridized carbons (Fsp3) is 0.667. The fourth-order valence-corrected chi connectivity index (χ4v) is 3.15. The monoisotopic (exact) mass is 275 g/mol. The minimum absolute atomic E-state index is 0.216. The summed E-state index contributed by atoms with van der Waals surface area (Å²) in [6.07, 6.45) is 9.29. The normalized spacial score (nSPS) is 18.1. The Labute approximate surface area is 123 Å². The first kappa shape index (κ1) is 15.5. The summed E-state index contributed by atoms with van der Waals surface area (Å²) in [5, 5.41) is 0. The summed E-state index contributed by atoms with van der Waals surface area (Å²) >= 11 is 0. The highest BCUT2D eigenvalue weighted by Crippen LogP contribution is 2.37. The third-order valence-electron chi connectivity index (χ3n) is 4.42. The van der Waals surface area contributed by atoms with E-state index in [1.54, 1.807) is 0 Å². The van der Waals surface area contributed by atoms with Gasteiger partial charge in [-0.15, -0.1) is 0 Å². The van der Waals surface area contributed by atoms with Crippen molar-refractivity contribution in [3.8, 4) is 0 Å². The molecule has 0 radical (unpaired) electrons. The predicted octanol–water partition coefficient (Wildman–Crippen LogP) is 4.94. The Kier molecular flexibility index (Phi) is 6.55. The minimum Gasteiger partial charge on any atom is -0.293 e. The summed E-state index contributed by atoms with van der Waals surface area (Å²) in [7, 11) is 0. The van der Waals surface area contributed by atoms with Gasteiger partial charge in [-0.2, -0.15) is 0 Å². The molecule has 0 spiro atoms. The highest BCUT2D eigenvalue weighted by atomic mass is 16.7. The van der Waals surface area contributed by atoms with Gasteiger partial charge in [0.1, 0.15) is 6.10 Å². The van der Waals surface area contributed by atoms with Crippen molar-refractivity contribution in [3.63, 3.8) is 0 Å². The second-order valence-corrected chi connectivity index (χ2v) is 6.04. The molecular weight excluding hydrogens is 246 g/mol. The standard InChI is InChI=1S/C18H29NO/c1-3-4-14-19-20-18(16-11-6-5-7-12-16)17-13-9-8-10-15(17)2/h8-10,13,16,18-19H,3-7,11-12,14H2,1-2H3. The summed E-state index contributed by atoms with van der Waals surface area (Å²) in [6, 6.07) is 8.67. The number of rotatable bonds is 7. The summed E-state index contributed by atoms with van der Waals surface area (Å²) in [5.74, 6) is 0.666. The zero-order valence-corrected chi connectivity index (χ0v) is 13.0. The van der Waals surface area contributed by atoms with Crippen molar-refractivity contribution in [2.45, 2.75) is 64.9 Å². The molecule has 0 amide bonds. The lowest BCUT2D eigenvalue weighted by molar-refractivity contribution is -0.0658. The minimum atomic E-state index is 0.216. The third kappa shape index (κ3) is 4.32. The maximum Gasteiger partial charge on any atom is 0.107 e. The lowest BCUT2D eigenvalue weighted by atomic mass is 9.82. The Balaban J connectivity index is 2.04. The van der Waals surface area contributed by atoms with Gasteiger partial charge in [0.2, 0.25) is 0 Å². The van der Waals surface area contributed by atoms with Gasteiger partial charge in [-0.05, 0) is 43.2 Å². The first-order chi connectivity index (χ1) is 9.83. The molecule has 20 heavy (non-hydrogen) atoms. The van der Waals surface area contributed by atoms with Gasteiger partial charge in [0.25, 0.3) is 0 Å². The number of hydroxylamine groups is 1. The maximum absolute atomic E-state index is 6.10. The van der Waals surface area contributed by atoms with Gasteiger partial charge < -0.3 is 0 Å². The Morgan fingerprint density at radius 3 is 2.65 bits per heavy atom. The van der Waals surface area contributed by atoms with E-state index in [1.807, 2.05) is 0 Å². The lowest BCUT2D eigenvalue weighted by Gasteiger charge is -2.31. The van der Waals surface area contributed by atoms with E-state index in [9.17, 15) is 0 Å². The van der Waals surface area contributed by atoms with Crippen molar-refractivity contribution >= 4 is 0 Å². The van der Waals surface area contributed by atoms with Crippen molar-refractivity contribution in [3.05, 3.63) is 35.4 Å². The van der Waals surface area contributed by atoms with E-state index in [1.165, 1.54) is 56.1 Å². The molecule has 0 aromatic heterocycles. The molecule has 1 aromatic carbocycles. The van der Waals surface area contributed by atoms with Crippen LogP contribution in [-0.4, -0.2) is 6.54 Å². The average molecular weight is 275 g/mol. The van der Waals surface area contributed by atoms with E-state index >= 15 is 0 Å². The molecule has 1 atom stereocenters. The van der Waals surface area contributed by atoms with Gasteiger partial charge in [0.15, 0.2) is 0 Å². The van der Waals surface area contributed by atoms with E-state index in [-0.39, 0.29) is 6.10 Å². The van der Waals surface area contributed by atoms with Gasteiger partial charge in [-0.25, -0.2) is 5.48 Å². The van der Waals surface area contributed by atoms with Crippen molar-refractivity contribution in [2.24, 2.45) is 5.92 Å². The molecule has 0 heterocycles. The largest absolute Gasteiger partial charge is 0.293 e. The molecule has 0 saturated heterocycles. The second kappa shape index (κ2) is 8.43. The van der Waals surface area contributed by atoms with E-state index < -0.39 is 0 Å². The molecule has 1 aliphatic carbocycles. The molecule has 112 valence electrons. The molecule has 1 fully saturated rings. The average Bonchev–Trinajstić information content (AvgIpc) is 2.49. The summed E-state index contributed by atoms with van der Waals surface area (Å²) in [6.45, 7) is 5.35. The van der Waals surface area contributed by atoms with E-state index in [2.05, 4.69) is 43.6 Å². The van der Waals surface area contributed by atoms with Gasteiger partial charge in [-0.1, -0.05) is 56.9 Å². The van der Waals surface area contributed by atoms with Crippen molar-refractivity contribution in [2.75, 3.05) is 6.54 Å². The predicted molar refractivity (Wildman–Crippen MR) is 84.5 cm³/mol. The zero-order valence-electron chi connectivity index (χ0n) is 13.0. The molecule has 1 N–H and O–H groups in total. The van der Waals surface area contributed by atoms with Crippen LogP contribution < -0.4 is 5.48 Å². The molecule has 2 rings (SSSR count). The smallest absolute Gasteiger partial charge is 0.107 e. The molecule has 1 aromatic rings. The van der Waals surface area contributed by atoms with Crippen LogP contribution in [0, 0.1) is 12.8 Å². The quantitative estimate of drug-likeness (QED) is 0.562. The highest BCUT2D eigenvalue weighted by molar-refractivity contribution is 5.28. The van der Waals surface area contributed by atoms with Gasteiger partial charge in [0, 0.05) is 6.54 Å². The summed E-state index contributed by atoms with van der Waals surface area (Å²) < 4.78 is 0.